The highest BCUT2D eigenvalue weighted by Gasteiger charge is 2.12. The second-order valence-electron chi connectivity index (χ2n) is 4.82. The number of aryl methyl sites for hydroxylation is 1. The van der Waals surface area contributed by atoms with E-state index in [-0.39, 0.29) is 5.56 Å². The predicted molar refractivity (Wildman–Crippen MR) is 72.8 cm³/mol. The average molecular weight is 250 g/mol. The van der Waals surface area contributed by atoms with Crippen molar-refractivity contribution in [1.29, 1.82) is 0 Å². The van der Waals surface area contributed by atoms with Gasteiger partial charge in [0.25, 0.3) is 5.56 Å². The summed E-state index contributed by atoms with van der Waals surface area (Å²) in [6.07, 6.45) is 7.36. The van der Waals surface area contributed by atoms with E-state index in [1.807, 2.05) is 6.20 Å². The number of aromatic nitrogens is 2. The Hall–Kier alpha value is -1.36. The molecule has 100 valence electrons. The van der Waals surface area contributed by atoms with Crippen LogP contribution in [0, 0.1) is 0 Å². The standard InChI is InChI=1S/C13H22N4O/c14-6-2-5-9-17-13(18)10-12(11-15-17)16-7-3-1-4-8-16/h10-11H,1-9,14H2. The van der Waals surface area contributed by atoms with Gasteiger partial charge < -0.3 is 10.6 Å². The van der Waals surface area contributed by atoms with Crippen LogP contribution in [0.15, 0.2) is 17.1 Å². The van der Waals surface area contributed by atoms with Crippen LogP contribution in [0.25, 0.3) is 0 Å². The lowest BCUT2D eigenvalue weighted by Gasteiger charge is -2.28. The van der Waals surface area contributed by atoms with E-state index < -0.39 is 0 Å². The fourth-order valence-electron chi connectivity index (χ4n) is 2.32. The highest BCUT2D eigenvalue weighted by atomic mass is 16.1. The molecule has 1 aromatic heterocycles. The molecule has 0 saturated carbocycles. The molecule has 1 fully saturated rings. The van der Waals surface area contributed by atoms with E-state index in [0.29, 0.717) is 13.1 Å². The smallest absolute Gasteiger partial charge is 0.268 e. The van der Waals surface area contributed by atoms with Crippen LogP contribution >= 0.6 is 0 Å². The molecule has 1 saturated heterocycles. The van der Waals surface area contributed by atoms with Crippen LogP contribution in [0.5, 0.6) is 0 Å². The molecular formula is C13H22N4O. The molecule has 1 aromatic rings. The molecular weight excluding hydrogens is 228 g/mol. The molecule has 5 heteroatoms. The van der Waals surface area contributed by atoms with E-state index in [1.54, 1.807) is 6.07 Å². The van der Waals surface area contributed by atoms with E-state index in [0.717, 1.165) is 31.6 Å². The predicted octanol–water partition coefficient (Wildman–Crippen LogP) is 0.972. The summed E-state index contributed by atoms with van der Waals surface area (Å²) in [4.78, 5) is 14.2. The summed E-state index contributed by atoms with van der Waals surface area (Å²) in [5.74, 6) is 0. The van der Waals surface area contributed by atoms with Crippen molar-refractivity contribution in [3.8, 4) is 0 Å². The van der Waals surface area contributed by atoms with Gasteiger partial charge in [-0.1, -0.05) is 0 Å². The van der Waals surface area contributed by atoms with Gasteiger partial charge in [-0.05, 0) is 38.6 Å². The maximum Gasteiger partial charge on any atom is 0.268 e. The Balaban J connectivity index is 2.02. The van der Waals surface area contributed by atoms with Crippen molar-refractivity contribution < 1.29 is 0 Å². The number of unbranched alkanes of at least 4 members (excludes halogenated alkanes) is 1. The third kappa shape index (κ3) is 3.32. The molecule has 0 spiro atoms. The Morgan fingerprint density at radius 2 is 2.00 bits per heavy atom. The summed E-state index contributed by atoms with van der Waals surface area (Å²) >= 11 is 0. The summed E-state index contributed by atoms with van der Waals surface area (Å²) < 4.78 is 1.53. The minimum absolute atomic E-state index is 0.00454. The number of anilines is 1. The first kappa shape index (κ1) is 13.1. The van der Waals surface area contributed by atoms with Gasteiger partial charge in [-0.25, -0.2) is 4.68 Å². The maximum atomic E-state index is 11.9. The highest BCUT2D eigenvalue weighted by Crippen LogP contribution is 2.16. The molecule has 5 nitrogen and oxygen atoms in total. The van der Waals surface area contributed by atoms with Crippen molar-refractivity contribution in [2.75, 3.05) is 24.5 Å². The maximum absolute atomic E-state index is 11.9. The van der Waals surface area contributed by atoms with Crippen LogP contribution in [-0.2, 0) is 6.54 Å². The molecule has 2 N–H and O–H groups in total. The van der Waals surface area contributed by atoms with Crippen LogP contribution in [0.3, 0.4) is 0 Å². The van der Waals surface area contributed by atoms with E-state index in [1.165, 1.54) is 23.9 Å². The zero-order chi connectivity index (χ0) is 12.8. The van der Waals surface area contributed by atoms with Gasteiger partial charge >= 0.3 is 0 Å². The zero-order valence-corrected chi connectivity index (χ0v) is 10.8. The Bertz CT molecular complexity index is 423. The monoisotopic (exact) mass is 250 g/mol. The van der Waals surface area contributed by atoms with Gasteiger partial charge in [0.2, 0.25) is 0 Å². The normalized spacial score (nSPS) is 15.9. The van der Waals surface area contributed by atoms with Gasteiger partial charge in [0.05, 0.1) is 11.9 Å². The summed E-state index contributed by atoms with van der Waals surface area (Å²) in [5, 5.41) is 4.25. The molecule has 2 heterocycles. The SMILES string of the molecule is NCCCCn1ncc(N2CCCCC2)cc1=O. The molecule has 2 rings (SSSR count). The van der Waals surface area contributed by atoms with Crippen LogP contribution in [0.2, 0.25) is 0 Å². The summed E-state index contributed by atoms with van der Waals surface area (Å²) in [6.45, 7) is 3.41. The van der Waals surface area contributed by atoms with E-state index in [9.17, 15) is 4.79 Å². The molecule has 1 aliphatic rings. The van der Waals surface area contributed by atoms with Crippen LogP contribution in [-0.4, -0.2) is 29.4 Å². The lowest BCUT2D eigenvalue weighted by Crippen LogP contribution is -2.32. The van der Waals surface area contributed by atoms with Crippen LogP contribution in [0.4, 0.5) is 5.69 Å². The van der Waals surface area contributed by atoms with Gasteiger partial charge in [0.1, 0.15) is 0 Å². The summed E-state index contributed by atoms with van der Waals surface area (Å²) in [7, 11) is 0. The van der Waals surface area contributed by atoms with E-state index in [4.69, 9.17) is 5.73 Å². The second-order valence-corrected chi connectivity index (χ2v) is 4.82. The largest absolute Gasteiger partial charge is 0.370 e. The highest BCUT2D eigenvalue weighted by molar-refractivity contribution is 5.43. The summed E-state index contributed by atoms with van der Waals surface area (Å²) in [6, 6.07) is 1.71. The fourth-order valence-corrected chi connectivity index (χ4v) is 2.32. The van der Waals surface area contributed by atoms with Gasteiger partial charge in [-0.2, -0.15) is 5.10 Å². The summed E-state index contributed by atoms with van der Waals surface area (Å²) in [5.41, 5.74) is 6.40. The number of hydrogen-bond acceptors (Lipinski definition) is 4. The Kier molecular flexibility index (Phi) is 4.75. The molecule has 0 amide bonds. The number of hydrogen-bond donors (Lipinski definition) is 1. The van der Waals surface area contributed by atoms with Crippen molar-refractivity contribution in [2.24, 2.45) is 5.73 Å². The van der Waals surface area contributed by atoms with Crippen molar-refractivity contribution >= 4 is 5.69 Å². The van der Waals surface area contributed by atoms with Crippen LogP contribution < -0.4 is 16.2 Å². The molecule has 0 atom stereocenters. The first-order chi connectivity index (χ1) is 8.81. The minimum atomic E-state index is -0.00454. The van der Waals surface area contributed by atoms with E-state index in [2.05, 4.69) is 10.00 Å². The van der Waals surface area contributed by atoms with Gasteiger partial charge in [0, 0.05) is 25.7 Å². The lowest BCUT2D eigenvalue weighted by molar-refractivity contribution is 0.530. The average Bonchev–Trinajstić information content (AvgIpc) is 2.42. The van der Waals surface area contributed by atoms with Gasteiger partial charge in [-0.15, -0.1) is 0 Å². The first-order valence-electron chi connectivity index (χ1n) is 6.83. The number of rotatable bonds is 5. The second kappa shape index (κ2) is 6.54. The Morgan fingerprint density at radius 3 is 2.67 bits per heavy atom. The molecule has 0 bridgehead atoms. The molecule has 0 unspecified atom stereocenters. The number of nitrogens with two attached hydrogens (primary N) is 1. The third-order valence-corrected chi connectivity index (χ3v) is 3.40. The quantitative estimate of drug-likeness (QED) is 0.791. The minimum Gasteiger partial charge on any atom is -0.370 e. The fraction of sp³-hybridized carbons (Fsp3) is 0.692. The lowest BCUT2D eigenvalue weighted by atomic mass is 10.1. The third-order valence-electron chi connectivity index (χ3n) is 3.40. The molecule has 18 heavy (non-hydrogen) atoms. The topological polar surface area (TPSA) is 64.2 Å². The molecule has 0 radical (unpaired) electrons. The van der Waals surface area contributed by atoms with Crippen LogP contribution in [0.1, 0.15) is 32.1 Å². The van der Waals surface area contributed by atoms with Gasteiger partial charge in [-0.3, -0.25) is 4.79 Å². The number of nitrogens with zero attached hydrogens (tertiary/aromatic N) is 3. The Labute approximate surface area is 108 Å². The Morgan fingerprint density at radius 1 is 1.22 bits per heavy atom. The molecule has 0 aromatic carbocycles. The van der Waals surface area contributed by atoms with Crippen molar-refractivity contribution in [3.05, 3.63) is 22.6 Å². The van der Waals surface area contributed by atoms with E-state index >= 15 is 0 Å². The van der Waals surface area contributed by atoms with Crippen molar-refractivity contribution in [3.63, 3.8) is 0 Å². The molecule has 1 aliphatic heterocycles. The zero-order valence-electron chi connectivity index (χ0n) is 10.8. The van der Waals surface area contributed by atoms with Gasteiger partial charge in [0.15, 0.2) is 0 Å². The van der Waals surface area contributed by atoms with Crippen molar-refractivity contribution in [2.45, 2.75) is 38.6 Å². The first-order valence-corrected chi connectivity index (χ1v) is 6.83. The number of piperidine rings is 1. The van der Waals surface area contributed by atoms with Crippen molar-refractivity contribution in [1.82, 2.24) is 9.78 Å². The molecule has 0 aliphatic carbocycles.